The fraction of sp³-hybridized carbons (Fsp3) is 0.231. The van der Waals surface area contributed by atoms with Crippen LogP contribution in [0.25, 0.3) is 11.4 Å². The van der Waals surface area contributed by atoms with Crippen molar-refractivity contribution in [1.82, 2.24) is 19.5 Å². The number of nitrogen functional groups attached to an aromatic ring is 1. The number of benzene rings is 2. The van der Waals surface area contributed by atoms with Gasteiger partial charge in [-0.25, -0.2) is 14.4 Å². The molecular weight excluding hydrogens is 534 g/mol. The Morgan fingerprint density at radius 1 is 1.13 bits per heavy atom. The second-order valence-electron chi connectivity index (χ2n) is 8.72. The largest absolute Gasteiger partial charge is 0.480 e. The van der Waals surface area contributed by atoms with Crippen LogP contribution in [0.4, 0.5) is 16.0 Å². The van der Waals surface area contributed by atoms with Crippen LogP contribution in [0.1, 0.15) is 40.8 Å². The number of halogens is 3. The number of fused-ring (bicyclic) bond motifs is 1. The molecule has 38 heavy (non-hydrogen) atoms. The van der Waals surface area contributed by atoms with E-state index in [0.29, 0.717) is 34.4 Å². The van der Waals surface area contributed by atoms with Crippen LogP contribution in [0.15, 0.2) is 48.7 Å². The molecule has 1 aliphatic rings. The normalized spacial score (nSPS) is 15.6. The van der Waals surface area contributed by atoms with Crippen molar-refractivity contribution in [2.24, 2.45) is 0 Å². The predicted octanol–water partition coefficient (Wildman–Crippen LogP) is 5.33. The average Bonchev–Trinajstić information content (AvgIpc) is 3.41. The predicted molar refractivity (Wildman–Crippen MR) is 142 cm³/mol. The third kappa shape index (κ3) is 4.34. The number of amides is 1. The fourth-order valence-corrected chi connectivity index (χ4v) is 5.01. The van der Waals surface area contributed by atoms with Crippen LogP contribution in [0, 0.1) is 5.82 Å². The quantitative estimate of drug-likeness (QED) is 0.327. The smallest absolute Gasteiger partial charge is 0.279 e. The van der Waals surface area contributed by atoms with Crippen LogP contribution in [-0.4, -0.2) is 46.3 Å². The van der Waals surface area contributed by atoms with Gasteiger partial charge in [-0.1, -0.05) is 35.3 Å². The summed E-state index contributed by atoms with van der Waals surface area (Å²) in [5.41, 5.74) is 8.23. The Morgan fingerprint density at radius 3 is 2.53 bits per heavy atom. The van der Waals surface area contributed by atoms with Gasteiger partial charge in [0.05, 0.1) is 36.0 Å². The van der Waals surface area contributed by atoms with Crippen molar-refractivity contribution in [3.05, 3.63) is 81.5 Å². The molecule has 1 amide bonds. The van der Waals surface area contributed by atoms with E-state index in [-0.39, 0.29) is 34.5 Å². The minimum absolute atomic E-state index is 0.0377. The molecule has 3 heterocycles. The summed E-state index contributed by atoms with van der Waals surface area (Å²) in [6, 6.07) is 10.4. The van der Waals surface area contributed by atoms with Gasteiger partial charge in [0.25, 0.3) is 5.91 Å². The second kappa shape index (κ2) is 10.2. The second-order valence-corrected chi connectivity index (χ2v) is 9.57. The van der Waals surface area contributed by atoms with Crippen molar-refractivity contribution in [3.8, 4) is 17.3 Å². The number of rotatable bonds is 7. The number of carbonyl (C=O) groups excluding carboxylic acids is 1. The standard InChI is InChI=1S/C26H23Cl2FN6O3/c1-13(12-37-2)34-22-20(32-23(34)17-11-31-26(30)33-24(17)38-3)25(36)35(16-8-9-19(29)18(28)10-16)21(22)14-4-6-15(27)7-5-14/h4-11,13,21H,12H2,1-3H3,(H2,30,31,33)/t13-,21?/m1/s1. The molecule has 1 unspecified atom stereocenters. The summed E-state index contributed by atoms with van der Waals surface area (Å²) in [5.74, 6) is -0.305. The van der Waals surface area contributed by atoms with Gasteiger partial charge < -0.3 is 19.8 Å². The summed E-state index contributed by atoms with van der Waals surface area (Å²) >= 11 is 12.3. The molecule has 2 N–H and O–H groups in total. The van der Waals surface area contributed by atoms with Gasteiger partial charge in [-0.15, -0.1) is 0 Å². The zero-order valence-electron chi connectivity index (χ0n) is 20.7. The van der Waals surface area contributed by atoms with E-state index in [0.717, 1.165) is 5.56 Å². The number of methoxy groups -OCH3 is 2. The van der Waals surface area contributed by atoms with Crippen LogP contribution in [0.5, 0.6) is 5.88 Å². The van der Waals surface area contributed by atoms with Crippen molar-refractivity contribution >= 4 is 40.7 Å². The molecule has 4 aromatic rings. The minimum Gasteiger partial charge on any atom is -0.480 e. The van der Waals surface area contributed by atoms with Crippen molar-refractivity contribution in [3.63, 3.8) is 0 Å². The maximum absolute atomic E-state index is 14.0. The molecule has 0 fully saturated rings. The number of aromatic nitrogens is 4. The van der Waals surface area contributed by atoms with Gasteiger partial charge in [0.15, 0.2) is 5.69 Å². The zero-order chi connectivity index (χ0) is 27.1. The number of nitrogens with zero attached hydrogens (tertiary/aromatic N) is 5. The SMILES string of the molecule is COC[C@@H](C)n1c(-c2cnc(N)nc2OC)nc2c1C(c1ccc(Cl)cc1)N(c1ccc(F)c(Cl)c1)C2=O. The van der Waals surface area contributed by atoms with Gasteiger partial charge in [0.2, 0.25) is 11.8 Å². The maximum atomic E-state index is 14.0. The lowest BCUT2D eigenvalue weighted by atomic mass is 10.0. The highest BCUT2D eigenvalue weighted by Gasteiger charge is 2.45. The Labute approximate surface area is 227 Å². The fourth-order valence-electron chi connectivity index (χ4n) is 4.71. The molecule has 0 saturated heterocycles. The molecule has 9 nitrogen and oxygen atoms in total. The number of carbonyl (C=O) groups is 1. The van der Waals surface area contributed by atoms with Crippen LogP contribution < -0.4 is 15.4 Å². The van der Waals surface area contributed by atoms with Crippen molar-refractivity contribution in [1.29, 1.82) is 0 Å². The first-order valence-corrected chi connectivity index (χ1v) is 12.3. The average molecular weight is 557 g/mol. The van der Waals surface area contributed by atoms with E-state index in [1.54, 1.807) is 24.1 Å². The molecule has 12 heteroatoms. The van der Waals surface area contributed by atoms with E-state index in [1.807, 2.05) is 23.6 Å². The summed E-state index contributed by atoms with van der Waals surface area (Å²) in [5, 5.41) is 0.440. The van der Waals surface area contributed by atoms with Crippen molar-refractivity contribution in [2.75, 3.05) is 31.5 Å². The van der Waals surface area contributed by atoms with Crippen LogP contribution in [-0.2, 0) is 4.74 Å². The van der Waals surface area contributed by atoms with Gasteiger partial charge in [-0.05, 0) is 42.8 Å². The Balaban J connectivity index is 1.79. The van der Waals surface area contributed by atoms with E-state index < -0.39 is 11.9 Å². The van der Waals surface area contributed by atoms with Gasteiger partial charge >= 0.3 is 0 Å². The lowest BCUT2D eigenvalue weighted by Gasteiger charge is -2.29. The number of ether oxygens (including phenoxy) is 2. The molecule has 196 valence electrons. The zero-order valence-corrected chi connectivity index (χ0v) is 22.2. The van der Waals surface area contributed by atoms with Crippen molar-refractivity contribution < 1.29 is 18.7 Å². The van der Waals surface area contributed by atoms with E-state index in [1.165, 1.54) is 31.5 Å². The van der Waals surface area contributed by atoms with E-state index in [2.05, 4.69) is 9.97 Å². The highest BCUT2D eigenvalue weighted by molar-refractivity contribution is 6.31. The van der Waals surface area contributed by atoms with Gasteiger partial charge in [-0.3, -0.25) is 9.69 Å². The Hall–Kier alpha value is -3.73. The van der Waals surface area contributed by atoms with Crippen LogP contribution in [0.2, 0.25) is 10.0 Å². The Bertz CT molecular complexity index is 1530. The summed E-state index contributed by atoms with van der Waals surface area (Å²) in [7, 11) is 3.06. The van der Waals surface area contributed by atoms with Crippen LogP contribution in [0.3, 0.4) is 0 Å². The molecule has 0 spiro atoms. The maximum Gasteiger partial charge on any atom is 0.279 e. The van der Waals surface area contributed by atoms with E-state index in [9.17, 15) is 9.18 Å². The third-order valence-electron chi connectivity index (χ3n) is 6.31. The molecule has 0 radical (unpaired) electrons. The highest BCUT2D eigenvalue weighted by Crippen LogP contribution is 2.46. The lowest BCUT2D eigenvalue weighted by molar-refractivity contribution is 0.0989. The topological polar surface area (TPSA) is 108 Å². The molecule has 1 aliphatic heterocycles. The molecule has 2 aromatic heterocycles. The molecule has 2 atom stereocenters. The summed E-state index contributed by atoms with van der Waals surface area (Å²) in [4.78, 5) is 28.6. The Kier molecular flexibility index (Phi) is 6.95. The molecular formula is C26H23Cl2FN6O3. The lowest BCUT2D eigenvalue weighted by Crippen LogP contribution is -2.30. The number of anilines is 2. The van der Waals surface area contributed by atoms with Gasteiger partial charge in [-0.2, -0.15) is 4.98 Å². The molecule has 5 rings (SSSR count). The van der Waals surface area contributed by atoms with E-state index >= 15 is 0 Å². The molecule has 0 bridgehead atoms. The van der Waals surface area contributed by atoms with Crippen LogP contribution >= 0.6 is 23.2 Å². The minimum atomic E-state index is -0.641. The summed E-state index contributed by atoms with van der Waals surface area (Å²) < 4.78 is 26.9. The molecule has 0 aliphatic carbocycles. The Morgan fingerprint density at radius 2 is 1.87 bits per heavy atom. The number of nitrogens with two attached hydrogens (primary N) is 1. The monoisotopic (exact) mass is 556 g/mol. The van der Waals surface area contributed by atoms with Crippen molar-refractivity contribution in [2.45, 2.75) is 19.0 Å². The number of hydrogen-bond donors (Lipinski definition) is 1. The number of hydrogen-bond acceptors (Lipinski definition) is 7. The summed E-state index contributed by atoms with van der Waals surface area (Å²) in [6.07, 6.45) is 1.51. The van der Waals surface area contributed by atoms with Gasteiger partial charge in [0.1, 0.15) is 17.7 Å². The third-order valence-corrected chi connectivity index (χ3v) is 6.85. The first-order valence-electron chi connectivity index (χ1n) is 11.6. The van der Waals surface area contributed by atoms with Gasteiger partial charge in [0, 0.05) is 24.0 Å². The first-order chi connectivity index (χ1) is 18.2. The highest BCUT2D eigenvalue weighted by atomic mass is 35.5. The first kappa shape index (κ1) is 25.9. The number of imidazole rings is 1. The molecule has 0 saturated carbocycles. The summed E-state index contributed by atoms with van der Waals surface area (Å²) in [6.45, 7) is 2.26. The van der Waals surface area contributed by atoms with E-state index in [4.69, 9.17) is 43.4 Å². The molecule has 2 aromatic carbocycles.